The summed E-state index contributed by atoms with van der Waals surface area (Å²) in [7, 11) is 0. The number of carbonyl (C=O) groups is 2. The fraction of sp³-hybridized carbons (Fsp3) is 0.320. The molecule has 0 saturated carbocycles. The highest BCUT2D eigenvalue weighted by Crippen LogP contribution is 2.27. The first kappa shape index (κ1) is 26.0. The van der Waals surface area contributed by atoms with Crippen LogP contribution in [0.1, 0.15) is 38.8 Å². The van der Waals surface area contributed by atoms with Crippen LogP contribution in [0.25, 0.3) is 11.4 Å². The number of nitrogens with zero attached hydrogens (tertiary/aromatic N) is 4. The molecule has 0 atom stereocenters. The summed E-state index contributed by atoms with van der Waals surface area (Å²) in [6.07, 6.45) is 1.41. The van der Waals surface area contributed by atoms with Crippen LogP contribution >= 0.6 is 11.8 Å². The second-order valence-corrected chi connectivity index (χ2v) is 9.62. The van der Waals surface area contributed by atoms with Crippen molar-refractivity contribution in [2.75, 3.05) is 12.4 Å². The Hall–Kier alpha value is -3.66. The predicted molar refractivity (Wildman–Crippen MR) is 136 cm³/mol. The zero-order valence-electron chi connectivity index (χ0n) is 20.2. The molecule has 184 valence electrons. The lowest BCUT2D eigenvalue weighted by atomic mass is 9.87. The van der Waals surface area contributed by atoms with Crippen molar-refractivity contribution in [2.24, 2.45) is 5.10 Å². The molecule has 35 heavy (non-hydrogen) atoms. The van der Waals surface area contributed by atoms with Gasteiger partial charge in [0.1, 0.15) is 5.75 Å². The number of hydrazone groups is 1. The fourth-order valence-electron chi connectivity index (χ4n) is 3.21. The molecule has 0 bridgehead atoms. The summed E-state index contributed by atoms with van der Waals surface area (Å²) in [6.45, 7) is 8.73. The molecule has 0 saturated heterocycles. The number of amides is 1. The summed E-state index contributed by atoms with van der Waals surface area (Å²) < 4.78 is 7.20. The smallest absolute Gasteiger partial charge is 0.341 e. The average Bonchev–Trinajstić information content (AvgIpc) is 3.24. The minimum absolute atomic E-state index is 0.0708. The number of hydrogen-bond acceptors (Lipinski definition) is 7. The van der Waals surface area contributed by atoms with Crippen molar-refractivity contribution >= 4 is 29.9 Å². The Labute approximate surface area is 208 Å². The summed E-state index contributed by atoms with van der Waals surface area (Å²) in [6, 6.07) is 15.1. The Morgan fingerprint density at radius 1 is 1.14 bits per heavy atom. The van der Waals surface area contributed by atoms with Crippen LogP contribution in [0.5, 0.6) is 5.75 Å². The number of thioether (sulfide) groups is 1. The van der Waals surface area contributed by atoms with E-state index in [-0.39, 0.29) is 17.1 Å². The molecule has 0 aliphatic carbocycles. The number of carbonyl (C=O) groups excluding carboxylic acids is 1. The Morgan fingerprint density at radius 2 is 1.86 bits per heavy atom. The molecule has 3 rings (SSSR count). The Balaban J connectivity index is 1.60. The lowest BCUT2D eigenvalue weighted by Crippen LogP contribution is -2.20. The molecular formula is C25H29N5O4S. The van der Waals surface area contributed by atoms with E-state index >= 15 is 0 Å². The predicted octanol–water partition coefficient (Wildman–Crippen LogP) is 3.97. The van der Waals surface area contributed by atoms with Gasteiger partial charge in [0.25, 0.3) is 5.91 Å². The van der Waals surface area contributed by atoms with E-state index in [1.807, 2.05) is 23.6 Å². The maximum absolute atomic E-state index is 12.3. The van der Waals surface area contributed by atoms with Crippen LogP contribution in [0.15, 0.2) is 58.8 Å². The van der Waals surface area contributed by atoms with Gasteiger partial charge in [0, 0.05) is 17.7 Å². The number of para-hydroxylation sites is 1. The maximum atomic E-state index is 12.3. The molecule has 2 aromatic carbocycles. The van der Waals surface area contributed by atoms with Crippen molar-refractivity contribution in [1.82, 2.24) is 20.2 Å². The highest BCUT2D eigenvalue weighted by molar-refractivity contribution is 7.99. The lowest BCUT2D eigenvalue weighted by molar-refractivity contribution is -0.139. The van der Waals surface area contributed by atoms with Crippen molar-refractivity contribution in [2.45, 2.75) is 44.8 Å². The van der Waals surface area contributed by atoms with Crippen LogP contribution in [-0.4, -0.2) is 50.3 Å². The third-order valence-electron chi connectivity index (χ3n) is 5.04. The first-order valence-electron chi connectivity index (χ1n) is 11.1. The van der Waals surface area contributed by atoms with Gasteiger partial charge >= 0.3 is 5.97 Å². The minimum atomic E-state index is -1.08. The van der Waals surface area contributed by atoms with Gasteiger partial charge in [0.2, 0.25) is 0 Å². The van der Waals surface area contributed by atoms with Gasteiger partial charge in [-0.3, -0.25) is 4.79 Å². The van der Waals surface area contributed by atoms with Gasteiger partial charge in [-0.2, -0.15) is 5.10 Å². The Kier molecular flexibility index (Phi) is 8.64. The van der Waals surface area contributed by atoms with E-state index in [1.54, 1.807) is 24.3 Å². The summed E-state index contributed by atoms with van der Waals surface area (Å²) >= 11 is 1.28. The molecule has 0 aliphatic heterocycles. The van der Waals surface area contributed by atoms with Crippen LogP contribution in [0, 0.1) is 0 Å². The number of carboxylic acid groups (broad SMARTS) is 1. The number of aliphatic carboxylic acids is 1. The first-order valence-corrected chi connectivity index (χ1v) is 12.1. The summed E-state index contributed by atoms with van der Waals surface area (Å²) in [5, 5.41) is 22.0. The van der Waals surface area contributed by atoms with Crippen molar-refractivity contribution in [3.05, 3.63) is 59.7 Å². The molecular weight excluding hydrogens is 466 g/mol. The Bertz CT molecular complexity index is 1200. The molecule has 1 amide bonds. The van der Waals surface area contributed by atoms with E-state index in [1.165, 1.54) is 23.5 Å². The van der Waals surface area contributed by atoms with E-state index in [0.29, 0.717) is 23.0 Å². The van der Waals surface area contributed by atoms with Gasteiger partial charge in [-0.05, 0) is 30.0 Å². The SMILES string of the molecule is CCn1c(SCC(=O)N/N=C\c2ccccc2OCC(=O)O)nnc1-c1ccc(C(C)(C)C)cc1. The Morgan fingerprint density at radius 3 is 2.51 bits per heavy atom. The third kappa shape index (κ3) is 7.16. The van der Waals surface area contributed by atoms with Crippen LogP contribution < -0.4 is 10.2 Å². The molecule has 0 fully saturated rings. The highest BCUT2D eigenvalue weighted by atomic mass is 32.2. The van der Waals surface area contributed by atoms with Gasteiger partial charge < -0.3 is 14.4 Å². The maximum Gasteiger partial charge on any atom is 0.341 e. The summed E-state index contributed by atoms with van der Waals surface area (Å²) in [5.74, 6) is -0.160. The van der Waals surface area contributed by atoms with Gasteiger partial charge in [0.05, 0.1) is 12.0 Å². The standard InChI is InChI=1S/C25H29N5O4S/c1-5-30-23(17-10-12-19(13-11-17)25(2,3)4)28-29-24(30)35-16-21(31)27-26-14-18-8-6-7-9-20(18)34-15-22(32)33/h6-14H,5,15-16H2,1-4H3,(H,27,31)(H,32,33)/b26-14-. The summed E-state index contributed by atoms with van der Waals surface area (Å²) in [5.41, 5.74) is 5.30. The van der Waals surface area contributed by atoms with Crippen molar-refractivity contribution in [3.8, 4) is 17.1 Å². The first-order chi connectivity index (χ1) is 16.7. The largest absolute Gasteiger partial charge is 0.481 e. The van der Waals surface area contributed by atoms with Crippen LogP contribution in [0.3, 0.4) is 0 Å². The van der Waals surface area contributed by atoms with Gasteiger partial charge in [-0.15, -0.1) is 10.2 Å². The number of hydrogen-bond donors (Lipinski definition) is 2. The van der Waals surface area contributed by atoms with E-state index in [9.17, 15) is 9.59 Å². The highest BCUT2D eigenvalue weighted by Gasteiger charge is 2.17. The second kappa shape index (κ2) is 11.7. The van der Waals surface area contributed by atoms with Crippen molar-refractivity contribution in [1.29, 1.82) is 0 Å². The normalized spacial score (nSPS) is 11.5. The van der Waals surface area contributed by atoms with Gasteiger partial charge in [-0.1, -0.05) is 68.9 Å². The second-order valence-electron chi connectivity index (χ2n) is 8.68. The van der Waals surface area contributed by atoms with Gasteiger partial charge in [0.15, 0.2) is 17.6 Å². The number of rotatable bonds is 10. The molecule has 1 aromatic heterocycles. The number of nitrogens with one attached hydrogen (secondary N) is 1. The van der Waals surface area contributed by atoms with E-state index in [2.05, 4.69) is 53.6 Å². The monoisotopic (exact) mass is 495 g/mol. The molecule has 0 radical (unpaired) electrons. The summed E-state index contributed by atoms with van der Waals surface area (Å²) in [4.78, 5) is 23.0. The lowest BCUT2D eigenvalue weighted by Gasteiger charge is -2.19. The zero-order chi connectivity index (χ0) is 25.4. The molecule has 10 heteroatoms. The number of ether oxygens (including phenoxy) is 1. The molecule has 0 aliphatic rings. The van der Waals surface area contributed by atoms with Crippen molar-refractivity contribution in [3.63, 3.8) is 0 Å². The molecule has 0 spiro atoms. The van der Waals surface area contributed by atoms with E-state index < -0.39 is 12.6 Å². The topological polar surface area (TPSA) is 119 Å². The van der Waals surface area contributed by atoms with Crippen molar-refractivity contribution < 1.29 is 19.4 Å². The zero-order valence-corrected chi connectivity index (χ0v) is 21.0. The third-order valence-corrected chi connectivity index (χ3v) is 6.00. The molecule has 1 heterocycles. The average molecular weight is 496 g/mol. The van der Waals surface area contributed by atoms with Gasteiger partial charge in [-0.25, -0.2) is 10.2 Å². The molecule has 2 N–H and O–H groups in total. The van der Waals surface area contributed by atoms with Crippen LogP contribution in [0.2, 0.25) is 0 Å². The molecule has 0 unspecified atom stereocenters. The van der Waals surface area contributed by atoms with E-state index in [0.717, 1.165) is 11.4 Å². The minimum Gasteiger partial charge on any atom is -0.481 e. The number of carboxylic acids is 1. The molecule has 3 aromatic rings. The van der Waals surface area contributed by atoms with E-state index in [4.69, 9.17) is 9.84 Å². The number of aromatic nitrogens is 3. The van der Waals surface area contributed by atoms with Crippen LogP contribution in [0.4, 0.5) is 0 Å². The quantitative estimate of drug-likeness (QED) is 0.248. The number of benzene rings is 2. The fourth-order valence-corrected chi connectivity index (χ4v) is 4.00. The molecule has 9 nitrogen and oxygen atoms in total. The van der Waals surface area contributed by atoms with Crippen LogP contribution in [-0.2, 0) is 21.5 Å².